The van der Waals surface area contributed by atoms with Crippen molar-refractivity contribution in [1.29, 1.82) is 0 Å². The predicted octanol–water partition coefficient (Wildman–Crippen LogP) is 1.55. The Morgan fingerprint density at radius 2 is 2.33 bits per heavy atom. The summed E-state index contributed by atoms with van der Waals surface area (Å²) in [6.07, 6.45) is -0.596. The van der Waals surface area contributed by atoms with Crippen molar-refractivity contribution in [3.05, 3.63) is 28.5 Å². The van der Waals surface area contributed by atoms with Crippen LogP contribution in [0.15, 0.2) is 22.7 Å². The third-order valence-electron chi connectivity index (χ3n) is 1.77. The molecule has 0 aliphatic rings. The van der Waals surface area contributed by atoms with Crippen molar-refractivity contribution in [2.75, 3.05) is 20.2 Å². The van der Waals surface area contributed by atoms with Gasteiger partial charge in [-0.05, 0) is 35.1 Å². The molecule has 5 heteroatoms. The summed E-state index contributed by atoms with van der Waals surface area (Å²) in [6, 6.07) is 4.48. The highest BCUT2D eigenvalue weighted by Gasteiger charge is 2.05. The first kappa shape index (κ1) is 12.4. The lowest BCUT2D eigenvalue weighted by Crippen LogP contribution is -2.29. The number of aliphatic hydroxyl groups is 1. The van der Waals surface area contributed by atoms with Gasteiger partial charge in [-0.25, -0.2) is 4.39 Å². The average Bonchev–Trinajstić information content (AvgIpc) is 2.20. The Balaban J connectivity index is 2.47. The molecule has 2 N–H and O–H groups in total. The smallest absolute Gasteiger partial charge is 0.141 e. The summed E-state index contributed by atoms with van der Waals surface area (Å²) in [7, 11) is 1.74. The van der Waals surface area contributed by atoms with Gasteiger partial charge in [-0.3, -0.25) is 0 Å². The molecule has 15 heavy (non-hydrogen) atoms. The third kappa shape index (κ3) is 4.15. The lowest BCUT2D eigenvalue weighted by Gasteiger charge is -2.11. The predicted molar refractivity (Wildman–Crippen MR) is 59.5 cm³/mol. The minimum atomic E-state index is -0.596. The van der Waals surface area contributed by atoms with Gasteiger partial charge in [0.2, 0.25) is 0 Å². The van der Waals surface area contributed by atoms with Crippen molar-refractivity contribution in [1.82, 2.24) is 5.32 Å². The molecule has 0 saturated heterocycles. The number of benzene rings is 1. The summed E-state index contributed by atoms with van der Waals surface area (Å²) in [4.78, 5) is 0. The van der Waals surface area contributed by atoms with Gasteiger partial charge in [0.25, 0.3) is 0 Å². The molecule has 0 amide bonds. The zero-order valence-electron chi connectivity index (χ0n) is 8.34. The molecule has 0 radical (unpaired) electrons. The van der Waals surface area contributed by atoms with Crippen molar-refractivity contribution in [2.45, 2.75) is 6.10 Å². The topological polar surface area (TPSA) is 41.5 Å². The maximum Gasteiger partial charge on any atom is 0.141 e. The Hall–Kier alpha value is -0.650. The van der Waals surface area contributed by atoms with E-state index in [-0.39, 0.29) is 12.4 Å². The van der Waals surface area contributed by atoms with Crippen LogP contribution in [0.25, 0.3) is 0 Å². The van der Waals surface area contributed by atoms with E-state index >= 15 is 0 Å². The number of ether oxygens (including phenoxy) is 1. The van der Waals surface area contributed by atoms with Crippen molar-refractivity contribution in [2.24, 2.45) is 0 Å². The molecule has 1 aromatic rings. The number of halogens is 2. The van der Waals surface area contributed by atoms with Crippen LogP contribution in [-0.4, -0.2) is 31.4 Å². The molecular weight excluding hydrogens is 265 g/mol. The first-order chi connectivity index (χ1) is 7.13. The van der Waals surface area contributed by atoms with E-state index in [1.54, 1.807) is 19.2 Å². The van der Waals surface area contributed by atoms with Gasteiger partial charge in [0, 0.05) is 12.6 Å². The number of likely N-dealkylation sites (N-methyl/N-ethyl adjacent to an activating group) is 1. The Bertz CT molecular complexity index is 322. The number of hydrogen-bond acceptors (Lipinski definition) is 3. The van der Waals surface area contributed by atoms with E-state index in [9.17, 15) is 9.50 Å². The van der Waals surface area contributed by atoms with E-state index in [0.29, 0.717) is 16.8 Å². The van der Waals surface area contributed by atoms with E-state index in [1.807, 2.05) is 0 Å². The molecule has 0 bridgehead atoms. The normalized spacial score (nSPS) is 12.5. The van der Waals surface area contributed by atoms with E-state index < -0.39 is 6.10 Å². The molecule has 1 unspecified atom stereocenters. The van der Waals surface area contributed by atoms with E-state index in [2.05, 4.69) is 21.2 Å². The van der Waals surface area contributed by atoms with Crippen LogP contribution in [0.4, 0.5) is 4.39 Å². The van der Waals surface area contributed by atoms with Crippen molar-refractivity contribution in [3.63, 3.8) is 0 Å². The standard InChI is InChI=1S/C10H13BrFNO2/c1-13-5-7(14)6-15-8-2-3-9(11)10(12)4-8/h2-4,7,13-14H,5-6H2,1H3. The van der Waals surface area contributed by atoms with E-state index in [4.69, 9.17) is 4.74 Å². The second-order valence-electron chi connectivity index (χ2n) is 3.10. The number of nitrogens with one attached hydrogen (secondary N) is 1. The maximum atomic E-state index is 13.0. The lowest BCUT2D eigenvalue weighted by atomic mass is 10.3. The van der Waals surface area contributed by atoms with Crippen LogP contribution in [0.2, 0.25) is 0 Å². The summed E-state index contributed by atoms with van der Waals surface area (Å²) >= 11 is 3.04. The molecular formula is C10H13BrFNO2. The van der Waals surface area contributed by atoms with Crippen molar-refractivity contribution < 1.29 is 14.2 Å². The SMILES string of the molecule is CNCC(O)COc1ccc(Br)c(F)c1. The number of rotatable bonds is 5. The quantitative estimate of drug-likeness (QED) is 0.858. The number of aliphatic hydroxyl groups excluding tert-OH is 1. The molecule has 84 valence electrons. The molecule has 3 nitrogen and oxygen atoms in total. The van der Waals surface area contributed by atoms with Crippen LogP contribution in [0.1, 0.15) is 0 Å². The highest BCUT2D eigenvalue weighted by molar-refractivity contribution is 9.10. The fourth-order valence-corrected chi connectivity index (χ4v) is 1.30. The first-order valence-corrected chi connectivity index (χ1v) is 5.33. The van der Waals surface area contributed by atoms with Gasteiger partial charge in [0.05, 0.1) is 4.47 Å². The fraction of sp³-hybridized carbons (Fsp3) is 0.400. The van der Waals surface area contributed by atoms with E-state index in [0.717, 1.165) is 0 Å². The van der Waals surface area contributed by atoms with Crippen LogP contribution in [0.3, 0.4) is 0 Å². The van der Waals surface area contributed by atoms with Gasteiger partial charge in [0.1, 0.15) is 24.3 Å². The van der Waals surface area contributed by atoms with Gasteiger partial charge in [0.15, 0.2) is 0 Å². The largest absolute Gasteiger partial charge is 0.491 e. The minimum absolute atomic E-state index is 0.141. The molecule has 0 aliphatic carbocycles. The zero-order valence-corrected chi connectivity index (χ0v) is 9.92. The molecule has 1 atom stereocenters. The van der Waals surface area contributed by atoms with Gasteiger partial charge in [-0.15, -0.1) is 0 Å². The monoisotopic (exact) mass is 277 g/mol. The molecule has 0 fully saturated rings. The van der Waals surface area contributed by atoms with Crippen molar-refractivity contribution in [3.8, 4) is 5.75 Å². The van der Waals surface area contributed by atoms with E-state index in [1.165, 1.54) is 6.07 Å². The van der Waals surface area contributed by atoms with Gasteiger partial charge in [-0.1, -0.05) is 0 Å². The molecule has 0 aromatic heterocycles. The summed E-state index contributed by atoms with van der Waals surface area (Å²) in [5, 5.41) is 12.2. The molecule has 0 aliphatic heterocycles. The second-order valence-corrected chi connectivity index (χ2v) is 3.95. The Morgan fingerprint density at radius 1 is 1.60 bits per heavy atom. The Kier molecular flexibility index (Phi) is 5.01. The highest BCUT2D eigenvalue weighted by atomic mass is 79.9. The van der Waals surface area contributed by atoms with Gasteiger partial charge < -0.3 is 15.2 Å². The second kappa shape index (κ2) is 6.05. The molecule has 0 spiro atoms. The average molecular weight is 278 g/mol. The van der Waals surface area contributed by atoms with Crippen molar-refractivity contribution >= 4 is 15.9 Å². The van der Waals surface area contributed by atoms with Crippen LogP contribution in [-0.2, 0) is 0 Å². The van der Waals surface area contributed by atoms with Gasteiger partial charge in [-0.2, -0.15) is 0 Å². The van der Waals surface area contributed by atoms with Gasteiger partial charge >= 0.3 is 0 Å². The summed E-state index contributed by atoms with van der Waals surface area (Å²) in [5.74, 6) is 0.0291. The molecule has 1 rings (SSSR count). The Morgan fingerprint density at radius 3 is 2.93 bits per heavy atom. The molecule has 0 saturated carbocycles. The molecule has 1 aromatic carbocycles. The van der Waals surface area contributed by atoms with Crippen LogP contribution >= 0.6 is 15.9 Å². The first-order valence-electron chi connectivity index (χ1n) is 4.54. The third-order valence-corrected chi connectivity index (χ3v) is 2.42. The number of hydrogen-bond donors (Lipinski definition) is 2. The maximum absolute atomic E-state index is 13.0. The minimum Gasteiger partial charge on any atom is -0.491 e. The van der Waals surface area contributed by atoms with Crippen LogP contribution in [0.5, 0.6) is 5.75 Å². The lowest BCUT2D eigenvalue weighted by molar-refractivity contribution is 0.108. The summed E-state index contributed by atoms with van der Waals surface area (Å²) in [5.41, 5.74) is 0. The molecule has 0 heterocycles. The van der Waals surface area contributed by atoms with Crippen LogP contribution in [0, 0.1) is 5.82 Å². The summed E-state index contributed by atoms with van der Waals surface area (Å²) < 4.78 is 18.6. The summed E-state index contributed by atoms with van der Waals surface area (Å²) in [6.45, 7) is 0.584. The highest BCUT2D eigenvalue weighted by Crippen LogP contribution is 2.20. The fourth-order valence-electron chi connectivity index (χ4n) is 1.05. The van der Waals surface area contributed by atoms with Crippen LogP contribution < -0.4 is 10.1 Å². The Labute approximate surface area is 96.4 Å². The zero-order chi connectivity index (χ0) is 11.3.